The molecule has 0 unspecified atom stereocenters. The van der Waals surface area contributed by atoms with Crippen LogP contribution in [0.4, 0.5) is 5.69 Å². The normalized spacial score (nSPS) is 10.5. The largest absolute Gasteiger partial charge is 0.508 e. The molecule has 2 aromatic carbocycles. The lowest BCUT2D eigenvalue weighted by molar-refractivity contribution is -0.116. The molecule has 1 heterocycles. The Morgan fingerprint density at radius 2 is 1.82 bits per heavy atom. The number of carboxylic acids is 1. The van der Waals surface area contributed by atoms with Crippen molar-refractivity contribution in [1.29, 1.82) is 0 Å². The van der Waals surface area contributed by atoms with Gasteiger partial charge in [0.25, 0.3) is 0 Å². The Bertz CT molecular complexity index is 1020. The van der Waals surface area contributed by atoms with Crippen molar-refractivity contribution in [3.05, 3.63) is 77.1 Å². The average molecular weight is 397 g/mol. The van der Waals surface area contributed by atoms with E-state index >= 15 is 0 Å². The number of carbonyl (C=O) groups excluding carboxylic acids is 1. The molecule has 1 amide bonds. The van der Waals surface area contributed by atoms with Gasteiger partial charge in [0.15, 0.2) is 0 Å². The van der Waals surface area contributed by atoms with E-state index in [4.69, 9.17) is 16.7 Å². The van der Waals surface area contributed by atoms with Crippen molar-refractivity contribution in [2.45, 2.75) is 12.8 Å². The number of aryl methyl sites for hydroxylation is 1. The van der Waals surface area contributed by atoms with Crippen molar-refractivity contribution in [2.75, 3.05) is 5.32 Å². The van der Waals surface area contributed by atoms with E-state index < -0.39 is 5.97 Å². The Morgan fingerprint density at radius 1 is 1.07 bits per heavy atom. The summed E-state index contributed by atoms with van der Waals surface area (Å²) >= 11 is 6.16. The highest BCUT2D eigenvalue weighted by atomic mass is 35.5. The van der Waals surface area contributed by atoms with E-state index in [1.807, 2.05) is 24.3 Å². The molecule has 3 aromatic rings. The molecule has 0 atom stereocenters. The highest BCUT2D eigenvalue weighted by Gasteiger charge is 2.12. The summed E-state index contributed by atoms with van der Waals surface area (Å²) in [5.41, 5.74) is 2.85. The van der Waals surface area contributed by atoms with Crippen LogP contribution in [0.25, 0.3) is 11.1 Å². The minimum Gasteiger partial charge on any atom is -0.508 e. The van der Waals surface area contributed by atoms with Crippen LogP contribution >= 0.6 is 11.6 Å². The second kappa shape index (κ2) is 8.54. The number of phenolic OH excluding ortho intramolecular Hbond substituents is 1. The molecule has 0 radical (unpaired) electrons. The number of nitrogens with one attached hydrogen (secondary N) is 1. The Labute approximate surface area is 166 Å². The SMILES string of the molecule is O=C(CCc1ccc(-c2ccc(O)cc2Cl)cc1)Nc1ccncc1C(=O)O. The molecule has 0 saturated heterocycles. The number of amides is 1. The van der Waals surface area contributed by atoms with Crippen molar-refractivity contribution in [2.24, 2.45) is 0 Å². The van der Waals surface area contributed by atoms with Crippen molar-refractivity contribution in [1.82, 2.24) is 4.98 Å². The number of hydrogen-bond acceptors (Lipinski definition) is 4. The molecule has 0 aliphatic carbocycles. The summed E-state index contributed by atoms with van der Waals surface area (Å²) in [6.45, 7) is 0. The lowest BCUT2D eigenvalue weighted by Crippen LogP contribution is -2.15. The van der Waals surface area contributed by atoms with Crippen LogP contribution in [0.5, 0.6) is 5.75 Å². The molecule has 0 aliphatic heterocycles. The van der Waals surface area contributed by atoms with Gasteiger partial charge in [0.2, 0.25) is 5.91 Å². The highest BCUT2D eigenvalue weighted by Crippen LogP contribution is 2.31. The van der Waals surface area contributed by atoms with Crippen LogP contribution in [0.1, 0.15) is 22.3 Å². The zero-order valence-corrected chi connectivity index (χ0v) is 15.5. The highest BCUT2D eigenvalue weighted by molar-refractivity contribution is 6.33. The smallest absolute Gasteiger partial charge is 0.339 e. The second-order valence-corrected chi connectivity index (χ2v) is 6.54. The summed E-state index contributed by atoms with van der Waals surface area (Å²) in [6.07, 6.45) is 3.34. The first kappa shape index (κ1) is 19.4. The number of aromatic carboxylic acids is 1. The number of carbonyl (C=O) groups is 2. The van der Waals surface area contributed by atoms with E-state index in [1.54, 1.807) is 12.1 Å². The van der Waals surface area contributed by atoms with Gasteiger partial charge in [0, 0.05) is 24.4 Å². The number of phenols is 1. The summed E-state index contributed by atoms with van der Waals surface area (Å²) in [4.78, 5) is 27.1. The zero-order valence-electron chi connectivity index (χ0n) is 14.7. The van der Waals surface area contributed by atoms with Gasteiger partial charge < -0.3 is 15.5 Å². The minimum atomic E-state index is -1.15. The van der Waals surface area contributed by atoms with Gasteiger partial charge in [-0.05, 0) is 41.8 Å². The fourth-order valence-corrected chi connectivity index (χ4v) is 3.02. The number of hydrogen-bond donors (Lipinski definition) is 3. The number of rotatable bonds is 6. The Balaban J connectivity index is 1.62. The Hall–Kier alpha value is -3.38. The van der Waals surface area contributed by atoms with E-state index in [-0.39, 0.29) is 29.3 Å². The molecule has 28 heavy (non-hydrogen) atoms. The molecule has 0 fully saturated rings. The maximum absolute atomic E-state index is 12.2. The third-order valence-corrected chi connectivity index (χ3v) is 4.50. The van der Waals surface area contributed by atoms with E-state index in [0.29, 0.717) is 11.4 Å². The molecule has 1 aromatic heterocycles. The van der Waals surface area contributed by atoms with Crippen molar-refractivity contribution in [3.8, 4) is 16.9 Å². The third-order valence-electron chi connectivity index (χ3n) is 4.18. The van der Waals surface area contributed by atoms with E-state index in [9.17, 15) is 14.7 Å². The number of nitrogens with zero attached hydrogens (tertiary/aromatic N) is 1. The molecular formula is C21H17ClN2O4. The van der Waals surface area contributed by atoms with Crippen LogP contribution in [0.15, 0.2) is 60.9 Å². The predicted octanol–water partition coefficient (Wildman–Crippen LogP) is 4.38. The third kappa shape index (κ3) is 4.66. The molecule has 0 bridgehead atoms. The lowest BCUT2D eigenvalue weighted by Gasteiger charge is -2.09. The number of aromatic nitrogens is 1. The summed E-state index contributed by atoms with van der Waals surface area (Å²) in [5, 5.41) is 21.6. The van der Waals surface area contributed by atoms with Gasteiger partial charge >= 0.3 is 5.97 Å². The molecule has 3 rings (SSSR count). The quantitative estimate of drug-likeness (QED) is 0.574. The minimum absolute atomic E-state index is 0.0500. The number of benzene rings is 2. The Morgan fingerprint density at radius 3 is 2.50 bits per heavy atom. The zero-order chi connectivity index (χ0) is 20.1. The van der Waals surface area contributed by atoms with Gasteiger partial charge in [0.1, 0.15) is 11.3 Å². The summed E-state index contributed by atoms with van der Waals surface area (Å²) in [6, 6.07) is 13.9. The molecule has 0 aliphatic rings. The summed E-state index contributed by atoms with van der Waals surface area (Å²) in [5.74, 6) is -1.32. The lowest BCUT2D eigenvalue weighted by atomic mass is 10.0. The second-order valence-electron chi connectivity index (χ2n) is 6.14. The van der Waals surface area contributed by atoms with Crippen molar-refractivity contribution >= 4 is 29.2 Å². The van der Waals surface area contributed by atoms with Gasteiger partial charge in [-0.3, -0.25) is 9.78 Å². The van der Waals surface area contributed by atoms with Crippen LogP contribution in [-0.2, 0) is 11.2 Å². The summed E-state index contributed by atoms with van der Waals surface area (Å²) < 4.78 is 0. The van der Waals surface area contributed by atoms with E-state index in [2.05, 4.69) is 10.3 Å². The molecule has 3 N–H and O–H groups in total. The fraction of sp³-hybridized carbons (Fsp3) is 0.0952. The standard InChI is InChI=1S/C21H17ClN2O4/c22-18-11-15(25)6-7-16(18)14-4-1-13(2-5-14)3-8-20(26)24-19-9-10-23-12-17(19)21(27)28/h1-2,4-7,9-12,25H,3,8H2,(H,27,28)(H,23,24,26). The van der Waals surface area contributed by atoms with Crippen molar-refractivity contribution in [3.63, 3.8) is 0 Å². The van der Waals surface area contributed by atoms with Gasteiger partial charge in [-0.15, -0.1) is 0 Å². The topological polar surface area (TPSA) is 99.5 Å². The van der Waals surface area contributed by atoms with E-state index in [0.717, 1.165) is 16.7 Å². The first-order valence-corrected chi connectivity index (χ1v) is 8.87. The van der Waals surface area contributed by atoms with Crippen LogP contribution in [0, 0.1) is 0 Å². The molecule has 0 saturated carbocycles. The molecular weight excluding hydrogens is 380 g/mol. The Kier molecular flexibility index (Phi) is 5.91. The van der Waals surface area contributed by atoms with Gasteiger partial charge in [-0.1, -0.05) is 35.9 Å². The number of halogens is 1. The number of aromatic hydroxyl groups is 1. The van der Waals surface area contributed by atoms with Crippen LogP contribution in [0.3, 0.4) is 0 Å². The van der Waals surface area contributed by atoms with Crippen LogP contribution in [-0.4, -0.2) is 27.1 Å². The predicted molar refractivity (Wildman–Crippen MR) is 107 cm³/mol. The molecule has 0 spiro atoms. The van der Waals surface area contributed by atoms with Gasteiger partial charge in [-0.25, -0.2) is 4.79 Å². The van der Waals surface area contributed by atoms with Gasteiger partial charge in [-0.2, -0.15) is 0 Å². The first-order chi connectivity index (χ1) is 13.4. The summed E-state index contributed by atoms with van der Waals surface area (Å²) in [7, 11) is 0. The van der Waals surface area contributed by atoms with Gasteiger partial charge in [0.05, 0.1) is 10.7 Å². The van der Waals surface area contributed by atoms with Crippen molar-refractivity contribution < 1.29 is 19.8 Å². The maximum atomic E-state index is 12.2. The van der Waals surface area contributed by atoms with E-state index in [1.165, 1.54) is 24.5 Å². The molecule has 142 valence electrons. The molecule has 7 heteroatoms. The van der Waals surface area contributed by atoms with Crippen LogP contribution in [0.2, 0.25) is 5.02 Å². The maximum Gasteiger partial charge on any atom is 0.339 e. The number of anilines is 1. The average Bonchev–Trinajstić information content (AvgIpc) is 2.67. The van der Waals surface area contributed by atoms with Crippen LogP contribution < -0.4 is 5.32 Å². The number of pyridine rings is 1. The first-order valence-electron chi connectivity index (χ1n) is 8.49. The monoisotopic (exact) mass is 396 g/mol. The fourth-order valence-electron chi connectivity index (χ4n) is 2.73. The molecule has 6 nitrogen and oxygen atoms in total. The number of carboxylic acid groups (broad SMARTS) is 1.